The Labute approximate surface area is 426 Å². The number of nitrogens with one attached hydrogen (secondary N) is 1. The Hall–Kier alpha value is -1.17. The molecule has 0 aromatic carbocycles. The van der Waals surface area contributed by atoms with Crippen molar-refractivity contribution in [2.24, 2.45) is 0 Å². The molecule has 0 radical (unpaired) electrons. The summed E-state index contributed by atoms with van der Waals surface area (Å²) in [5.74, 6) is -0.151. The molecule has 0 fully saturated rings. The van der Waals surface area contributed by atoms with E-state index in [-0.39, 0.29) is 12.5 Å². The fraction of sp³-hybridized carbons (Fsp3) is 0.921. The minimum absolute atomic E-state index is 0.151. The molecule has 0 heterocycles. The maximum Gasteiger partial charge on any atom is 0.220 e. The van der Waals surface area contributed by atoms with E-state index in [0.717, 1.165) is 44.9 Å². The average molecular weight is 959 g/mol. The number of carbonyl (C=O) groups is 1. The monoisotopic (exact) mass is 958 g/mol. The summed E-state index contributed by atoms with van der Waals surface area (Å²) in [6.07, 6.45) is 75.2. The second-order valence-electron chi connectivity index (χ2n) is 21.6. The van der Waals surface area contributed by atoms with Gasteiger partial charge in [-0.05, 0) is 51.4 Å². The first-order valence-electron chi connectivity index (χ1n) is 31.1. The van der Waals surface area contributed by atoms with Crippen LogP contribution in [0.2, 0.25) is 0 Å². The molecule has 0 aliphatic carbocycles. The van der Waals surface area contributed by atoms with Gasteiger partial charge in [-0.15, -0.1) is 0 Å². The zero-order valence-electron chi connectivity index (χ0n) is 46.3. The summed E-state index contributed by atoms with van der Waals surface area (Å²) in [4.78, 5) is 12.5. The molecule has 0 bridgehead atoms. The molecule has 5 heteroatoms. The quantitative estimate of drug-likeness (QED) is 0.0361. The lowest BCUT2D eigenvalue weighted by atomic mass is 10.0. The van der Waals surface area contributed by atoms with Gasteiger partial charge < -0.3 is 20.6 Å². The highest BCUT2D eigenvalue weighted by atomic mass is 16.3. The molecule has 0 aliphatic heterocycles. The third-order valence-electron chi connectivity index (χ3n) is 14.8. The Bertz CT molecular complexity index is 1010. The van der Waals surface area contributed by atoms with Gasteiger partial charge in [0.15, 0.2) is 0 Å². The van der Waals surface area contributed by atoms with E-state index in [9.17, 15) is 20.1 Å². The van der Waals surface area contributed by atoms with Gasteiger partial charge in [0.25, 0.3) is 0 Å². The number of allylic oxidation sites excluding steroid dienone is 4. The molecule has 0 aliphatic rings. The van der Waals surface area contributed by atoms with Gasteiger partial charge in [-0.3, -0.25) is 4.79 Å². The van der Waals surface area contributed by atoms with Gasteiger partial charge in [-0.25, -0.2) is 0 Å². The Balaban J connectivity index is 3.47. The van der Waals surface area contributed by atoms with Crippen LogP contribution in [0, 0.1) is 0 Å². The Morgan fingerprint density at radius 1 is 0.353 bits per heavy atom. The number of aliphatic hydroxyl groups is 3. The summed E-state index contributed by atoms with van der Waals surface area (Å²) in [5.41, 5.74) is 0. The van der Waals surface area contributed by atoms with Crippen LogP contribution in [0.25, 0.3) is 0 Å². The molecule has 1 amide bonds. The first-order chi connectivity index (χ1) is 33.6. The van der Waals surface area contributed by atoms with Gasteiger partial charge in [0.2, 0.25) is 5.91 Å². The molecular formula is C63H123NO4. The second-order valence-corrected chi connectivity index (χ2v) is 21.6. The molecule has 0 rings (SSSR count). The molecule has 0 spiro atoms. The predicted octanol–water partition coefficient (Wildman–Crippen LogP) is 19.6. The van der Waals surface area contributed by atoms with Crippen molar-refractivity contribution in [2.45, 2.75) is 366 Å². The molecule has 4 N–H and O–H groups in total. The summed E-state index contributed by atoms with van der Waals surface area (Å²) in [7, 11) is 0. The third-order valence-corrected chi connectivity index (χ3v) is 14.8. The topological polar surface area (TPSA) is 89.8 Å². The number of rotatable bonds is 58. The molecule has 0 aromatic rings. The normalized spacial score (nSPS) is 13.3. The molecular weight excluding hydrogens is 835 g/mol. The molecule has 5 nitrogen and oxygen atoms in total. The number of unbranched alkanes of at least 4 members (excludes halogenated alkanes) is 46. The van der Waals surface area contributed by atoms with E-state index in [4.69, 9.17) is 0 Å². The molecule has 404 valence electrons. The fourth-order valence-corrected chi connectivity index (χ4v) is 10.0. The van der Waals surface area contributed by atoms with Crippen molar-refractivity contribution in [1.82, 2.24) is 5.32 Å². The van der Waals surface area contributed by atoms with Gasteiger partial charge in [0, 0.05) is 6.42 Å². The van der Waals surface area contributed by atoms with E-state index in [2.05, 4.69) is 43.5 Å². The van der Waals surface area contributed by atoms with Crippen molar-refractivity contribution in [2.75, 3.05) is 6.61 Å². The first kappa shape index (κ1) is 66.8. The van der Waals surface area contributed by atoms with E-state index >= 15 is 0 Å². The van der Waals surface area contributed by atoms with Crippen molar-refractivity contribution < 1.29 is 20.1 Å². The molecule has 3 unspecified atom stereocenters. The highest BCUT2D eigenvalue weighted by Gasteiger charge is 2.26. The number of hydrogen-bond acceptors (Lipinski definition) is 4. The van der Waals surface area contributed by atoms with E-state index in [1.807, 2.05) is 0 Å². The van der Waals surface area contributed by atoms with Crippen molar-refractivity contribution in [1.29, 1.82) is 0 Å². The minimum Gasteiger partial charge on any atom is -0.394 e. The fourth-order valence-electron chi connectivity index (χ4n) is 10.0. The van der Waals surface area contributed by atoms with E-state index in [0.29, 0.717) is 12.8 Å². The van der Waals surface area contributed by atoms with Crippen LogP contribution in [0.3, 0.4) is 0 Å². The molecule has 0 saturated carbocycles. The van der Waals surface area contributed by atoms with Gasteiger partial charge in [-0.1, -0.05) is 314 Å². The number of hydrogen-bond donors (Lipinski definition) is 4. The summed E-state index contributed by atoms with van der Waals surface area (Å²) < 4.78 is 0. The van der Waals surface area contributed by atoms with Crippen LogP contribution in [-0.4, -0.2) is 46.1 Å². The van der Waals surface area contributed by atoms with Crippen molar-refractivity contribution in [3.8, 4) is 0 Å². The van der Waals surface area contributed by atoms with Crippen molar-refractivity contribution >= 4 is 5.91 Å². The van der Waals surface area contributed by atoms with E-state index < -0.39 is 18.2 Å². The second kappa shape index (κ2) is 58.4. The summed E-state index contributed by atoms with van der Waals surface area (Å²) in [6.45, 7) is 4.20. The zero-order chi connectivity index (χ0) is 49.3. The number of carbonyl (C=O) groups excluding carboxylic acids is 1. The van der Waals surface area contributed by atoms with Crippen LogP contribution >= 0.6 is 0 Å². The van der Waals surface area contributed by atoms with E-state index in [1.165, 1.54) is 276 Å². The van der Waals surface area contributed by atoms with Crippen LogP contribution in [0.4, 0.5) is 0 Å². The smallest absolute Gasteiger partial charge is 0.220 e. The molecule has 0 saturated heterocycles. The van der Waals surface area contributed by atoms with Crippen LogP contribution in [0.5, 0.6) is 0 Å². The summed E-state index contributed by atoms with van der Waals surface area (Å²) >= 11 is 0. The van der Waals surface area contributed by atoms with Crippen LogP contribution in [0.1, 0.15) is 348 Å². The lowest BCUT2D eigenvalue weighted by Crippen LogP contribution is -2.50. The number of amides is 1. The molecule has 0 aromatic heterocycles. The van der Waals surface area contributed by atoms with Crippen LogP contribution in [0.15, 0.2) is 24.3 Å². The summed E-state index contributed by atoms with van der Waals surface area (Å²) in [5, 5.41) is 33.8. The predicted molar refractivity (Wildman–Crippen MR) is 301 cm³/mol. The standard InChI is InChI=1S/C63H123NO4/c1-3-5-7-9-11-13-15-17-19-21-23-24-25-26-27-28-29-30-31-32-33-34-35-36-37-38-40-42-44-46-48-50-52-54-56-58-62(67)64-60(59-65)63(68)61(66)57-55-53-51-49-47-45-43-41-39-22-20-18-16-14-12-10-8-6-4-2/h41,43,49,51,60-61,63,65-66,68H,3-40,42,44-48,50,52-59H2,1-2H3,(H,64,67)/b43-41+,51-49+. The lowest BCUT2D eigenvalue weighted by molar-refractivity contribution is -0.124. The number of aliphatic hydroxyl groups excluding tert-OH is 3. The Morgan fingerprint density at radius 2 is 0.603 bits per heavy atom. The highest BCUT2D eigenvalue weighted by molar-refractivity contribution is 5.76. The average Bonchev–Trinajstić information content (AvgIpc) is 3.34. The summed E-state index contributed by atoms with van der Waals surface area (Å²) in [6, 6.07) is -0.830. The van der Waals surface area contributed by atoms with Gasteiger partial charge in [0.05, 0.1) is 18.8 Å². The Kier molecular flexibility index (Phi) is 57.4. The zero-order valence-corrected chi connectivity index (χ0v) is 46.3. The first-order valence-corrected chi connectivity index (χ1v) is 31.1. The third kappa shape index (κ3) is 52.6. The highest BCUT2D eigenvalue weighted by Crippen LogP contribution is 2.18. The lowest BCUT2D eigenvalue weighted by Gasteiger charge is -2.26. The van der Waals surface area contributed by atoms with Crippen molar-refractivity contribution in [3.63, 3.8) is 0 Å². The maximum absolute atomic E-state index is 12.5. The van der Waals surface area contributed by atoms with Crippen molar-refractivity contribution in [3.05, 3.63) is 24.3 Å². The molecule has 68 heavy (non-hydrogen) atoms. The van der Waals surface area contributed by atoms with Crippen LogP contribution in [-0.2, 0) is 4.79 Å². The molecule has 3 atom stereocenters. The SMILES string of the molecule is CCCCCCCCCCCC/C=C/CC/C=C/CCCC(O)C(O)C(CO)NC(=O)CCCCCCCCCCCCCCCCCCCCCCCCCCCCCCCCCCCCC. The van der Waals surface area contributed by atoms with Gasteiger partial charge in [0.1, 0.15) is 6.10 Å². The minimum atomic E-state index is -1.17. The largest absolute Gasteiger partial charge is 0.394 e. The van der Waals surface area contributed by atoms with Crippen LogP contribution < -0.4 is 5.32 Å². The van der Waals surface area contributed by atoms with Gasteiger partial charge in [-0.2, -0.15) is 0 Å². The van der Waals surface area contributed by atoms with E-state index in [1.54, 1.807) is 0 Å². The Morgan fingerprint density at radius 3 is 0.897 bits per heavy atom. The van der Waals surface area contributed by atoms with Gasteiger partial charge >= 0.3 is 0 Å². The maximum atomic E-state index is 12.5.